The smallest absolute Gasteiger partial charge is 0.0618 e. The van der Waals surface area contributed by atoms with E-state index in [4.69, 9.17) is 0 Å². The van der Waals surface area contributed by atoms with Crippen LogP contribution in [0.2, 0.25) is 0 Å². The highest BCUT2D eigenvalue weighted by molar-refractivity contribution is 6.11. The topological polar surface area (TPSA) is 6.48 Å². The minimum absolute atomic E-state index is 0.292. The van der Waals surface area contributed by atoms with Crippen LogP contribution in [0.3, 0.4) is 0 Å². The minimum Gasteiger partial charge on any atom is -0.311 e. The van der Waals surface area contributed by atoms with Crippen molar-refractivity contribution in [2.75, 3.05) is 9.80 Å². The van der Waals surface area contributed by atoms with Crippen LogP contribution in [0.15, 0.2) is 231 Å². The van der Waals surface area contributed by atoms with Crippen LogP contribution in [-0.2, 0) is 5.41 Å². The van der Waals surface area contributed by atoms with Gasteiger partial charge in [0, 0.05) is 33.4 Å². The summed E-state index contributed by atoms with van der Waals surface area (Å²) in [6.07, 6.45) is 0. The van der Waals surface area contributed by atoms with Gasteiger partial charge in [0.15, 0.2) is 0 Å². The largest absolute Gasteiger partial charge is 0.311 e. The molecule has 10 aromatic rings. The van der Waals surface area contributed by atoms with Crippen LogP contribution < -0.4 is 9.80 Å². The van der Waals surface area contributed by atoms with E-state index in [2.05, 4.69) is 254 Å². The Morgan fingerprint density at radius 1 is 0.361 bits per heavy atom. The normalized spacial score (nSPS) is 12.9. The van der Waals surface area contributed by atoms with E-state index < -0.39 is 0 Å². The van der Waals surface area contributed by atoms with Crippen LogP contribution in [0.5, 0.6) is 0 Å². The molecule has 2 nitrogen and oxygen atoms in total. The lowest BCUT2D eigenvalue weighted by atomic mass is 9.70. The van der Waals surface area contributed by atoms with Gasteiger partial charge in [-0.2, -0.15) is 0 Å². The lowest BCUT2D eigenvalue weighted by Gasteiger charge is -2.44. The molecule has 0 aliphatic carbocycles. The van der Waals surface area contributed by atoms with Crippen LogP contribution >= 0.6 is 0 Å². The number of rotatable bonds is 7. The molecule has 0 fully saturated rings. The molecule has 290 valence electrons. The van der Waals surface area contributed by atoms with Crippen molar-refractivity contribution in [1.29, 1.82) is 0 Å². The number of para-hydroxylation sites is 3. The third-order valence-corrected chi connectivity index (χ3v) is 12.6. The van der Waals surface area contributed by atoms with Gasteiger partial charge in [0.2, 0.25) is 0 Å². The second-order valence-electron chi connectivity index (χ2n) is 16.5. The van der Waals surface area contributed by atoms with Crippen LogP contribution in [0.25, 0.3) is 54.9 Å². The highest BCUT2D eigenvalue weighted by atomic mass is 15.2. The summed E-state index contributed by atoms with van der Waals surface area (Å²) in [6.45, 7) is 4.79. The second kappa shape index (κ2) is 14.9. The molecule has 0 aromatic heterocycles. The van der Waals surface area contributed by atoms with Gasteiger partial charge in [-0.1, -0.05) is 190 Å². The Kier molecular flexibility index (Phi) is 8.86. The Morgan fingerprint density at radius 2 is 0.902 bits per heavy atom. The van der Waals surface area contributed by atoms with Crippen molar-refractivity contribution in [1.82, 2.24) is 0 Å². The molecule has 0 bridgehead atoms. The van der Waals surface area contributed by atoms with E-state index in [0.717, 1.165) is 17.1 Å². The molecular formula is C59H44N2. The molecule has 2 heteroatoms. The van der Waals surface area contributed by atoms with E-state index in [0.29, 0.717) is 0 Å². The van der Waals surface area contributed by atoms with Crippen molar-refractivity contribution in [2.24, 2.45) is 0 Å². The Morgan fingerprint density at radius 3 is 1.66 bits per heavy atom. The lowest BCUT2D eigenvalue weighted by Crippen LogP contribution is -2.31. The molecule has 0 amide bonds. The summed E-state index contributed by atoms with van der Waals surface area (Å²) in [5.41, 5.74) is 16.6. The molecule has 1 heterocycles. The summed E-state index contributed by atoms with van der Waals surface area (Å²) in [4.78, 5) is 4.87. The summed E-state index contributed by atoms with van der Waals surface area (Å²) in [7, 11) is 0. The molecule has 0 unspecified atom stereocenters. The van der Waals surface area contributed by atoms with Crippen molar-refractivity contribution in [2.45, 2.75) is 19.3 Å². The maximum Gasteiger partial charge on any atom is 0.0618 e. The number of benzene rings is 10. The Balaban J connectivity index is 1.07. The van der Waals surface area contributed by atoms with Gasteiger partial charge < -0.3 is 9.80 Å². The van der Waals surface area contributed by atoms with Crippen LogP contribution in [0.4, 0.5) is 34.1 Å². The fourth-order valence-electron chi connectivity index (χ4n) is 9.77. The van der Waals surface area contributed by atoms with E-state index in [1.807, 2.05) is 0 Å². The van der Waals surface area contributed by atoms with Gasteiger partial charge >= 0.3 is 0 Å². The summed E-state index contributed by atoms with van der Waals surface area (Å²) in [5, 5.41) is 4.93. The first kappa shape index (κ1) is 36.4. The zero-order valence-electron chi connectivity index (χ0n) is 34.3. The fourth-order valence-corrected chi connectivity index (χ4v) is 9.77. The number of hydrogen-bond donors (Lipinski definition) is 0. The molecular weight excluding hydrogens is 737 g/mol. The maximum atomic E-state index is 2.56. The summed E-state index contributed by atoms with van der Waals surface area (Å²) in [5.74, 6) is 0. The predicted molar refractivity (Wildman–Crippen MR) is 259 cm³/mol. The maximum absolute atomic E-state index is 2.56. The van der Waals surface area contributed by atoms with Gasteiger partial charge in [-0.15, -0.1) is 0 Å². The molecule has 0 atom stereocenters. The molecule has 1 aliphatic heterocycles. The Hall–Kier alpha value is -7.68. The summed E-state index contributed by atoms with van der Waals surface area (Å²) in [6, 6.07) is 84.1. The van der Waals surface area contributed by atoms with E-state index in [9.17, 15) is 0 Å². The van der Waals surface area contributed by atoms with Crippen LogP contribution in [-0.4, -0.2) is 0 Å². The first-order valence-corrected chi connectivity index (χ1v) is 21.2. The first-order valence-electron chi connectivity index (χ1n) is 21.2. The van der Waals surface area contributed by atoms with E-state index >= 15 is 0 Å². The first-order chi connectivity index (χ1) is 30.0. The minimum atomic E-state index is -0.292. The van der Waals surface area contributed by atoms with Crippen LogP contribution in [0, 0.1) is 0 Å². The monoisotopic (exact) mass is 780 g/mol. The molecule has 0 spiro atoms. The molecule has 0 radical (unpaired) electrons. The zero-order chi connectivity index (χ0) is 40.9. The highest BCUT2D eigenvalue weighted by Crippen LogP contribution is 2.57. The molecule has 10 aromatic carbocycles. The number of fused-ring (bicyclic) bond motifs is 4. The third-order valence-electron chi connectivity index (χ3n) is 12.6. The summed E-state index contributed by atoms with van der Waals surface area (Å²) >= 11 is 0. The van der Waals surface area contributed by atoms with E-state index in [1.54, 1.807) is 0 Å². The quantitative estimate of drug-likeness (QED) is 0.159. The predicted octanol–water partition coefficient (Wildman–Crippen LogP) is 16.6. The SMILES string of the molecule is CC1(C)c2ccccc2N(c2c(-c3cccc4ccccc34)ccc3ccccc23)c2cccc(-c3cccc(-c4ccc(N(c5ccccc5)c5ccccc5)cc4)c3)c21. The van der Waals surface area contributed by atoms with Crippen molar-refractivity contribution in [3.63, 3.8) is 0 Å². The van der Waals surface area contributed by atoms with Gasteiger partial charge in [-0.25, -0.2) is 0 Å². The molecule has 1 aliphatic rings. The Labute approximate surface area is 358 Å². The van der Waals surface area contributed by atoms with Gasteiger partial charge in [0.05, 0.1) is 17.1 Å². The summed E-state index contributed by atoms with van der Waals surface area (Å²) < 4.78 is 0. The molecule has 11 rings (SSSR count). The lowest BCUT2D eigenvalue weighted by molar-refractivity contribution is 0.634. The standard InChI is InChI=1S/C59H44N2/c1-59(2)54-31-13-14-32-55(54)61(58-51-28-12-10-19-43(51)36-39-53(58)52-30-16-20-42-18-9-11-27-49(42)52)56-33-17-29-50(57(56)59)45-22-15-21-44(40-45)41-34-37-48(38-35-41)60(46-23-5-3-6-24-46)47-25-7-4-8-26-47/h3-40H,1-2H3. The van der Waals surface area contributed by atoms with Gasteiger partial charge in [0.25, 0.3) is 0 Å². The fraction of sp³-hybridized carbons (Fsp3) is 0.0508. The molecule has 61 heavy (non-hydrogen) atoms. The number of nitrogens with zero attached hydrogens (tertiary/aromatic N) is 2. The number of anilines is 6. The van der Waals surface area contributed by atoms with Gasteiger partial charge in [-0.05, 0) is 110 Å². The van der Waals surface area contributed by atoms with E-state index in [1.165, 1.54) is 83.1 Å². The van der Waals surface area contributed by atoms with E-state index in [-0.39, 0.29) is 5.41 Å². The third kappa shape index (κ3) is 6.19. The van der Waals surface area contributed by atoms with Gasteiger partial charge in [-0.3, -0.25) is 0 Å². The van der Waals surface area contributed by atoms with Crippen LogP contribution in [0.1, 0.15) is 25.0 Å². The zero-order valence-corrected chi connectivity index (χ0v) is 34.3. The highest BCUT2D eigenvalue weighted by Gasteiger charge is 2.40. The van der Waals surface area contributed by atoms with Crippen molar-refractivity contribution in [3.8, 4) is 33.4 Å². The van der Waals surface area contributed by atoms with Crippen molar-refractivity contribution in [3.05, 3.63) is 242 Å². The molecule has 0 N–H and O–H groups in total. The average molecular weight is 781 g/mol. The second-order valence-corrected chi connectivity index (χ2v) is 16.5. The van der Waals surface area contributed by atoms with Crippen molar-refractivity contribution < 1.29 is 0 Å². The molecule has 0 saturated heterocycles. The Bertz CT molecular complexity index is 3180. The number of hydrogen-bond acceptors (Lipinski definition) is 2. The van der Waals surface area contributed by atoms with Gasteiger partial charge in [0.1, 0.15) is 0 Å². The molecule has 0 saturated carbocycles. The average Bonchev–Trinajstić information content (AvgIpc) is 3.32. The van der Waals surface area contributed by atoms with Crippen molar-refractivity contribution >= 4 is 55.7 Å².